The van der Waals surface area contributed by atoms with Crippen LogP contribution < -0.4 is 5.32 Å². The Morgan fingerprint density at radius 3 is 2.53 bits per heavy atom. The molecule has 0 aliphatic carbocycles. The van der Waals surface area contributed by atoms with Gasteiger partial charge in [-0.1, -0.05) is 23.7 Å². The van der Waals surface area contributed by atoms with Gasteiger partial charge in [0.2, 0.25) is 5.91 Å². The summed E-state index contributed by atoms with van der Waals surface area (Å²) in [7, 11) is 0. The van der Waals surface area contributed by atoms with Crippen molar-refractivity contribution < 1.29 is 14.3 Å². The zero-order valence-corrected chi connectivity index (χ0v) is 11.7. The number of amides is 1. The fourth-order valence-corrected chi connectivity index (χ4v) is 1.66. The van der Waals surface area contributed by atoms with Crippen LogP contribution in [0.5, 0.6) is 0 Å². The lowest BCUT2D eigenvalue weighted by atomic mass is 10.1. The van der Waals surface area contributed by atoms with E-state index in [1.165, 1.54) is 0 Å². The molecule has 1 aromatic carbocycles. The Bertz CT molecular complexity index is 417. The standard InChI is InChI=1S/C14H18ClNO3/c1-2-19-14(18)8-7-13(17)16-10-9-11-3-5-12(15)6-4-11/h3-6H,2,7-10H2,1H3,(H,16,17). The fraction of sp³-hybridized carbons (Fsp3) is 0.429. The second-order valence-electron chi connectivity index (χ2n) is 4.03. The van der Waals surface area contributed by atoms with Gasteiger partial charge in [-0.05, 0) is 31.0 Å². The summed E-state index contributed by atoms with van der Waals surface area (Å²) in [5.74, 6) is -0.475. The van der Waals surface area contributed by atoms with Crippen LogP contribution in [0, 0.1) is 0 Å². The molecule has 0 saturated heterocycles. The number of benzene rings is 1. The van der Waals surface area contributed by atoms with Gasteiger partial charge >= 0.3 is 5.97 Å². The van der Waals surface area contributed by atoms with Crippen LogP contribution in [0.25, 0.3) is 0 Å². The molecule has 0 aliphatic heterocycles. The molecule has 1 rings (SSSR count). The Balaban J connectivity index is 2.16. The molecule has 4 nitrogen and oxygen atoms in total. The number of carbonyl (C=O) groups is 2. The number of nitrogens with one attached hydrogen (secondary N) is 1. The lowest BCUT2D eigenvalue weighted by Gasteiger charge is -2.05. The molecule has 0 radical (unpaired) electrons. The van der Waals surface area contributed by atoms with E-state index in [0.29, 0.717) is 18.2 Å². The number of halogens is 1. The van der Waals surface area contributed by atoms with Gasteiger partial charge in [0.1, 0.15) is 0 Å². The van der Waals surface area contributed by atoms with Crippen molar-refractivity contribution in [2.24, 2.45) is 0 Å². The van der Waals surface area contributed by atoms with Crippen molar-refractivity contribution in [3.63, 3.8) is 0 Å². The van der Waals surface area contributed by atoms with E-state index in [1.54, 1.807) is 6.92 Å². The summed E-state index contributed by atoms with van der Waals surface area (Å²) in [6, 6.07) is 7.49. The summed E-state index contributed by atoms with van der Waals surface area (Å²) >= 11 is 5.78. The minimum Gasteiger partial charge on any atom is -0.466 e. The van der Waals surface area contributed by atoms with E-state index < -0.39 is 0 Å². The van der Waals surface area contributed by atoms with Crippen molar-refractivity contribution in [1.29, 1.82) is 0 Å². The van der Waals surface area contributed by atoms with Gasteiger partial charge in [0.15, 0.2) is 0 Å². The number of esters is 1. The first-order chi connectivity index (χ1) is 9.11. The molecule has 0 heterocycles. The Kier molecular flexibility index (Phi) is 6.97. The second kappa shape index (κ2) is 8.53. The highest BCUT2D eigenvalue weighted by Crippen LogP contribution is 2.09. The summed E-state index contributed by atoms with van der Waals surface area (Å²) in [5.41, 5.74) is 1.11. The number of hydrogen-bond acceptors (Lipinski definition) is 3. The highest BCUT2D eigenvalue weighted by atomic mass is 35.5. The van der Waals surface area contributed by atoms with E-state index in [-0.39, 0.29) is 24.7 Å². The molecule has 0 atom stereocenters. The molecular formula is C14H18ClNO3. The van der Waals surface area contributed by atoms with E-state index in [9.17, 15) is 9.59 Å². The fourth-order valence-electron chi connectivity index (χ4n) is 1.53. The molecule has 0 fully saturated rings. The summed E-state index contributed by atoms with van der Waals surface area (Å²) in [4.78, 5) is 22.5. The van der Waals surface area contributed by atoms with Crippen LogP contribution in [-0.4, -0.2) is 25.0 Å². The lowest BCUT2D eigenvalue weighted by molar-refractivity contribution is -0.144. The zero-order valence-electron chi connectivity index (χ0n) is 10.9. The van der Waals surface area contributed by atoms with E-state index >= 15 is 0 Å². The Morgan fingerprint density at radius 1 is 1.21 bits per heavy atom. The molecule has 1 aromatic rings. The molecule has 0 aromatic heterocycles. The third kappa shape index (κ3) is 6.82. The van der Waals surface area contributed by atoms with E-state index in [4.69, 9.17) is 16.3 Å². The van der Waals surface area contributed by atoms with Gasteiger partial charge in [-0.3, -0.25) is 9.59 Å². The highest BCUT2D eigenvalue weighted by molar-refractivity contribution is 6.30. The summed E-state index contributed by atoms with van der Waals surface area (Å²) < 4.78 is 4.75. The largest absolute Gasteiger partial charge is 0.466 e. The van der Waals surface area contributed by atoms with Crippen LogP contribution in [0.15, 0.2) is 24.3 Å². The van der Waals surface area contributed by atoms with Crippen LogP contribution in [0.4, 0.5) is 0 Å². The van der Waals surface area contributed by atoms with Crippen molar-refractivity contribution >= 4 is 23.5 Å². The molecular weight excluding hydrogens is 266 g/mol. The van der Waals surface area contributed by atoms with Gasteiger partial charge in [-0.25, -0.2) is 0 Å². The normalized spacial score (nSPS) is 10.0. The first-order valence-electron chi connectivity index (χ1n) is 6.28. The van der Waals surface area contributed by atoms with Crippen LogP contribution in [-0.2, 0) is 20.7 Å². The summed E-state index contributed by atoms with van der Waals surface area (Å²) in [6.45, 7) is 2.63. The molecule has 1 amide bonds. The lowest BCUT2D eigenvalue weighted by Crippen LogP contribution is -2.26. The smallest absolute Gasteiger partial charge is 0.306 e. The molecule has 5 heteroatoms. The predicted octanol–water partition coefficient (Wildman–Crippen LogP) is 2.34. The number of carbonyl (C=O) groups excluding carboxylic acids is 2. The Labute approximate surface area is 118 Å². The predicted molar refractivity (Wildman–Crippen MR) is 74.0 cm³/mol. The Hall–Kier alpha value is -1.55. The molecule has 0 spiro atoms. The molecule has 0 aliphatic rings. The van der Waals surface area contributed by atoms with Crippen molar-refractivity contribution in [3.05, 3.63) is 34.9 Å². The van der Waals surface area contributed by atoms with Crippen molar-refractivity contribution in [3.8, 4) is 0 Å². The topological polar surface area (TPSA) is 55.4 Å². The molecule has 1 N–H and O–H groups in total. The van der Waals surface area contributed by atoms with Crippen molar-refractivity contribution in [2.45, 2.75) is 26.2 Å². The highest BCUT2D eigenvalue weighted by Gasteiger charge is 2.06. The van der Waals surface area contributed by atoms with Gasteiger partial charge in [-0.2, -0.15) is 0 Å². The van der Waals surface area contributed by atoms with E-state index in [1.807, 2.05) is 24.3 Å². The third-order valence-electron chi connectivity index (χ3n) is 2.51. The van der Waals surface area contributed by atoms with E-state index in [0.717, 1.165) is 12.0 Å². The zero-order chi connectivity index (χ0) is 14.1. The maximum atomic E-state index is 11.5. The number of ether oxygens (including phenoxy) is 1. The average molecular weight is 284 g/mol. The molecule has 104 valence electrons. The van der Waals surface area contributed by atoms with Gasteiger partial charge in [-0.15, -0.1) is 0 Å². The first kappa shape index (κ1) is 15.5. The van der Waals surface area contributed by atoms with Crippen LogP contribution in [0.3, 0.4) is 0 Å². The van der Waals surface area contributed by atoms with Crippen LogP contribution in [0.1, 0.15) is 25.3 Å². The maximum Gasteiger partial charge on any atom is 0.306 e. The number of hydrogen-bond donors (Lipinski definition) is 1. The van der Waals surface area contributed by atoms with E-state index in [2.05, 4.69) is 5.32 Å². The first-order valence-corrected chi connectivity index (χ1v) is 6.66. The average Bonchev–Trinajstić information content (AvgIpc) is 2.39. The van der Waals surface area contributed by atoms with Gasteiger partial charge in [0, 0.05) is 18.0 Å². The molecule has 19 heavy (non-hydrogen) atoms. The van der Waals surface area contributed by atoms with Crippen LogP contribution >= 0.6 is 11.6 Å². The number of rotatable bonds is 7. The van der Waals surface area contributed by atoms with Crippen molar-refractivity contribution in [2.75, 3.05) is 13.2 Å². The quantitative estimate of drug-likeness (QED) is 0.782. The minimum absolute atomic E-state index is 0.126. The molecule has 0 saturated carbocycles. The SMILES string of the molecule is CCOC(=O)CCC(=O)NCCc1ccc(Cl)cc1. The molecule has 0 bridgehead atoms. The van der Waals surface area contributed by atoms with Gasteiger partial charge in [0.25, 0.3) is 0 Å². The summed E-state index contributed by atoms with van der Waals surface area (Å²) in [6.07, 6.45) is 1.03. The molecule has 0 unspecified atom stereocenters. The van der Waals surface area contributed by atoms with Crippen LogP contribution in [0.2, 0.25) is 5.02 Å². The Morgan fingerprint density at radius 2 is 1.89 bits per heavy atom. The maximum absolute atomic E-state index is 11.5. The third-order valence-corrected chi connectivity index (χ3v) is 2.76. The second-order valence-corrected chi connectivity index (χ2v) is 4.47. The van der Waals surface area contributed by atoms with Crippen molar-refractivity contribution in [1.82, 2.24) is 5.32 Å². The minimum atomic E-state index is -0.338. The van der Waals surface area contributed by atoms with Gasteiger partial charge < -0.3 is 10.1 Å². The monoisotopic (exact) mass is 283 g/mol. The van der Waals surface area contributed by atoms with Gasteiger partial charge in [0.05, 0.1) is 13.0 Å². The summed E-state index contributed by atoms with van der Waals surface area (Å²) in [5, 5.41) is 3.46.